The number of likely N-dealkylation sites (N-methyl/N-ethyl adjacent to an activating group) is 1. The van der Waals surface area contributed by atoms with Crippen molar-refractivity contribution in [3.05, 3.63) is 48.6 Å². The van der Waals surface area contributed by atoms with Crippen molar-refractivity contribution in [3.8, 4) is 0 Å². The van der Waals surface area contributed by atoms with E-state index in [-0.39, 0.29) is 6.61 Å². The normalized spacial score (nSPS) is 11.0. The van der Waals surface area contributed by atoms with E-state index in [9.17, 15) is 0 Å². The van der Waals surface area contributed by atoms with Gasteiger partial charge in [-0.2, -0.15) is 0 Å². The molecule has 0 spiro atoms. The quantitative estimate of drug-likeness (QED) is 0.638. The number of rotatable bonds is 6. The van der Waals surface area contributed by atoms with Crippen molar-refractivity contribution in [2.75, 3.05) is 19.7 Å². The predicted octanol–water partition coefficient (Wildman–Crippen LogP) is -0.994. The maximum absolute atomic E-state index is 9.14. The number of quaternary nitrogens is 1. The van der Waals surface area contributed by atoms with Gasteiger partial charge >= 0.3 is 0 Å². The molecule has 0 radical (unpaired) electrons. The van der Waals surface area contributed by atoms with Crippen LogP contribution in [0.2, 0.25) is 0 Å². The first-order valence-corrected chi connectivity index (χ1v) is 5.95. The Balaban J connectivity index is 0.000000494. The van der Waals surface area contributed by atoms with Gasteiger partial charge in [-0.15, -0.1) is 0 Å². The molecule has 0 bridgehead atoms. The third kappa shape index (κ3) is 8.50. The zero-order valence-corrected chi connectivity index (χ0v) is 10.8. The average molecular weight is 251 g/mol. The number of hydrogen-bond acceptors (Lipinski definition) is 3. The minimum absolute atomic E-state index is 0.274. The third-order valence-electron chi connectivity index (χ3n) is 2.43. The SMILES string of the molecule is C=CC(=O)[O-].CC[NH+](CCO)Cc1ccccc1. The lowest BCUT2D eigenvalue weighted by Gasteiger charge is -2.16. The van der Waals surface area contributed by atoms with Crippen LogP contribution in [0.25, 0.3) is 0 Å². The smallest absolute Gasteiger partial charge is 0.103 e. The fourth-order valence-electron chi connectivity index (χ4n) is 1.43. The van der Waals surface area contributed by atoms with Crippen LogP contribution in [-0.4, -0.2) is 30.8 Å². The van der Waals surface area contributed by atoms with Gasteiger partial charge in [-0.3, -0.25) is 0 Å². The molecule has 100 valence electrons. The highest BCUT2D eigenvalue weighted by Gasteiger charge is 2.04. The minimum atomic E-state index is -1.23. The molecule has 1 atom stereocenters. The summed E-state index contributed by atoms with van der Waals surface area (Å²) < 4.78 is 0. The maximum atomic E-state index is 9.14. The molecule has 0 aliphatic rings. The van der Waals surface area contributed by atoms with E-state index in [1.165, 1.54) is 10.5 Å². The van der Waals surface area contributed by atoms with Crippen LogP contribution >= 0.6 is 0 Å². The zero-order chi connectivity index (χ0) is 13.8. The summed E-state index contributed by atoms with van der Waals surface area (Å²) in [5.74, 6) is -1.23. The molecule has 1 aromatic carbocycles. The van der Waals surface area contributed by atoms with Gasteiger partial charge in [0.25, 0.3) is 0 Å². The number of hydrogen-bond donors (Lipinski definition) is 2. The molecule has 4 nitrogen and oxygen atoms in total. The van der Waals surface area contributed by atoms with Crippen molar-refractivity contribution in [1.82, 2.24) is 0 Å². The van der Waals surface area contributed by atoms with E-state index >= 15 is 0 Å². The van der Waals surface area contributed by atoms with Crippen molar-refractivity contribution >= 4 is 5.97 Å². The Morgan fingerprint density at radius 2 is 2.00 bits per heavy atom. The van der Waals surface area contributed by atoms with E-state index in [0.29, 0.717) is 0 Å². The monoisotopic (exact) mass is 251 g/mol. The molecule has 1 rings (SSSR count). The van der Waals surface area contributed by atoms with Crippen molar-refractivity contribution in [1.29, 1.82) is 0 Å². The van der Waals surface area contributed by atoms with E-state index < -0.39 is 5.97 Å². The van der Waals surface area contributed by atoms with Gasteiger partial charge in [0.2, 0.25) is 0 Å². The molecule has 4 heteroatoms. The molecule has 18 heavy (non-hydrogen) atoms. The van der Waals surface area contributed by atoms with Crippen LogP contribution in [0.15, 0.2) is 43.0 Å². The zero-order valence-electron chi connectivity index (χ0n) is 10.8. The highest BCUT2D eigenvalue weighted by molar-refractivity contribution is 5.76. The Bertz CT molecular complexity index is 338. The number of aliphatic hydroxyl groups is 1. The van der Waals surface area contributed by atoms with Gasteiger partial charge in [0.15, 0.2) is 0 Å². The highest BCUT2D eigenvalue weighted by Crippen LogP contribution is 1.94. The lowest BCUT2D eigenvalue weighted by Crippen LogP contribution is -3.10. The third-order valence-corrected chi connectivity index (χ3v) is 2.43. The first-order valence-electron chi connectivity index (χ1n) is 5.95. The van der Waals surface area contributed by atoms with Gasteiger partial charge in [-0.1, -0.05) is 36.9 Å². The first kappa shape index (κ1) is 16.4. The second-order valence-electron chi connectivity index (χ2n) is 3.76. The maximum Gasteiger partial charge on any atom is 0.103 e. The summed E-state index contributed by atoms with van der Waals surface area (Å²) in [6, 6.07) is 10.4. The summed E-state index contributed by atoms with van der Waals surface area (Å²) in [6.45, 7) is 8.23. The highest BCUT2D eigenvalue weighted by atomic mass is 16.4. The molecular weight excluding hydrogens is 230 g/mol. The minimum Gasteiger partial charge on any atom is -0.545 e. The topological polar surface area (TPSA) is 64.8 Å². The Morgan fingerprint density at radius 3 is 2.39 bits per heavy atom. The molecule has 0 saturated carbocycles. The van der Waals surface area contributed by atoms with Gasteiger partial charge in [-0.05, 0) is 13.0 Å². The summed E-state index contributed by atoms with van der Waals surface area (Å²) in [5.41, 5.74) is 1.34. The number of carboxylic acids is 1. The number of aliphatic carboxylic acids is 1. The summed E-state index contributed by atoms with van der Waals surface area (Å²) in [7, 11) is 0. The number of aliphatic hydroxyl groups excluding tert-OH is 1. The van der Waals surface area contributed by atoms with E-state index in [0.717, 1.165) is 25.7 Å². The predicted molar refractivity (Wildman–Crippen MR) is 68.8 cm³/mol. The summed E-state index contributed by atoms with van der Waals surface area (Å²) in [5, 5.41) is 18.0. The Kier molecular flexibility index (Phi) is 9.54. The van der Waals surface area contributed by atoms with Crippen LogP contribution in [0.5, 0.6) is 0 Å². The number of benzene rings is 1. The molecule has 1 unspecified atom stereocenters. The number of carbonyl (C=O) groups excluding carboxylic acids is 1. The lowest BCUT2D eigenvalue weighted by molar-refractivity contribution is -0.912. The van der Waals surface area contributed by atoms with Crippen LogP contribution in [0.1, 0.15) is 12.5 Å². The summed E-state index contributed by atoms with van der Waals surface area (Å²) in [6.07, 6.45) is 0.722. The second kappa shape index (κ2) is 10.5. The Hall–Kier alpha value is -1.65. The molecule has 0 aliphatic carbocycles. The molecule has 0 heterocycles. The van der Waals surface area contributed by atoms with Gasteiger partial charge in [0.05, 0.1) is 19.1 Å². The van der Waals surface area contributed by atoms with Crippen LogP contribution in [-0.2, 0) is 11.3 Å². The van der Waals surface area contributed by atoms with Crippen LogP contribution < -0.4 is 10.0 Å². The summed E-state index contributed by atoms with van der Waals surface area (Å²) >= 11 is 0. The molecular formula is C14H21NO3. The van der Waals surface area contributed by atoms with Crippen LogP contribution in [0.4, 0.5) is 0 Å². The van der Waals surface area contributed by atoms with Crippen LogP contribution in [0, 0.1) is 0 Å². The number of nitrogens with one attached hydrogen (secondary N) is 1. The molecule has 0 saturated heterocycles. The van der Waals surface area contributed by atoms with E-state index in [1.807, 2.05) is 6.07 Å². The molecule has 0 aromatic heterocycles. The fraction of sp³-hybridized carbons (Fsp3) is 0.357. The lowest BCUT2D eigenvalue weighted by atomic mass is 10.2. The van der Waals surface area contributed by atoms with Gasteiger partial charge in [0, 0.05) is 5.56 Å². The van der Waals surface area contributed by atoms with E-state index in [2.05, 4.69) is 37.8 Å². The molecule has 1 aromatic rings. The second-order valence-corrected chi connectivity index (χ2v) is 3.76. The molecule has 2 N–H and O–H groups in total. The van der Waals surface area contributed by atoms with E-state index in [4.69, 9.17) is 15.0 Å². The average Bonchev–Trinajstić information content (AvgIpc) is 2.40. The molecule has 0 aliphatic heterocycles. The standard InChI is InChI=1S/C11H17NO.C3H4O2/c1-2-12(8-9-13)10-11-6-4-3-5-7-11;1-2-3(4)5/h3-7,13H,2,8-10H2,1H3;2H,1H2,(H,4,5). The number of carbonyl (C=O) groups is 1. The Morgan fingerprint density at radius 1 is 1.44 bits per heavy atom. The van der Waals surface area contributed by atoms with Gasteiger partial charge < -0.3 is 19.9 Å². The van der Waals surface area contributed by atoms with Crippen molar-refractivity contribution in [2.45, 2.75) is 13.5 Å². The Labute approximate surface area is 108 Å². The molecule has 0 amide bonds. The van der Waals surface area contributed by atoms with Crippen molar-refractivity contribution in [2.24, 2.45) is 0 Å². The largest absolute Gasteiger partial charge is 0.545 e. The van der Waals surface area contributed by atoms with Gasteiger partial charge in [-0.25, -0.2) is 0 Å². The first-order chi connectivity index (χ1) is 8.63. The van der Waals surface area contributed by atoms with Crippen LogP contribution in [0.3, 0.4) is 0 Å². The molecule has 0 fully saturated rings. The number of carboxylic acid groups (broad SMARTS) is 1. The van der Waals surface area contributed by atoms with Gasteiger partial charge in [0.1, 0.15) is 13.1 Å². The van der Waals surface area contributed by atoms with E-state index in [1.54, 1.807) is 0 Å². The summed E-state index contributed by atoms with van der Waals surface area (Å²) in [4.78, 5) is 10.6. The fourth-order valence-corrected chi connectivity index (χ4v) is 1.43. The van der Waals surface area contributed by atoms with Crippen molar-refractivity contribution < 1.29 is 19.9 Å². The van der Waals surface area contributed by atoms with Crippen molar-refractivity contribution in [3.63, 3.8) is 0 Å².